The lowest BCUT2D eigenvalue weighted by Crippen LogP contribution is -2.19. The van der Waals surface area contributed by atoms with Gasteiger partial charge in [-0.1, -0.05) is 29.3 Å². The zero-order chi connectivity index (χ0) is 15.7. The molecule has 0 spiro atoms. The maximum absolute atomic E-state index is 11.5. The van der Waals surface area contributed by atoms with Crippen molar-refractivity contribution < 1.29 is 4.79 Å². The van der Waals surface area contributed by atoms with Crippen molar-refractivity contribution in [1.29, 1.82) is 0 Å². The van der Waals surface area contributed by atoms with Crippen LogP contribution >= 0.6 is 35.4 Å². The van der Waals surface area contributed by atoms with Crippen molar-refractivity contribution in [3.05, 3.63) is 57.6 Å². The third kappa shape index (κ3) is 3.40. The molecular weight excluding hydrogens is 339 g/mol. The van der Waals surface area contributed by atoms with E-state index in [0.717, 1.165) is 22.5 Å². The van der Waals surface area contributed by atoms with E-state index in [0.29, 0.717) is 28.0 Å². The van der Waals surface area contributed by atoms with E-state index in [2.05, 4.69) is 10.6 Å². The second kappa shape index (κ2) is 6.24. The van der Waals surface area contributed by atoms with E-state index in [1.54, 1.807) is 18.2 Å². The minimum atomic E-state index is 0.253. The van der Waals surface area contributed by atoms with Gasteiger partial charge in [0.2, 0.25) is 0 Å². The normalized spacial score (nSPS) is 12.9. The minimum Gasteiger partial charge on any atom is -0.332 e. The van der Waals surface area contributed by atoms with Gasteiger partial charge in [0.05, 0.1) is 10.0 Å². The number of carbonyl (C=O) groups excluding carboxylic acids is 1. The zero-order valence-corrected chi connectivity index (χ0v) is 13.8. The van der Waals surface area contributed by atoms with Gasteiger partial charge in [0.1, 0.15) is 5.78 Å². The molecule has 0 saturated heterocycles. The Balaban J connectivity index is 1.68. The summed E-state index contributed by atoms with van der Waals surface area (Å²) in [6, 6.07) is 11.0. The Labute approximate surface area is 143 Å². The van der Waals surface area contributed by atoms with Gasteiger partial charge < -0.3 is 10.6 Å². The molecule has 112 valence electrons. The number of fused-ring (bicyclic) bond motifs is 1. The van der Waals surface area contributed by atoms with Crippen LogP contribution in [0.4, 0.5) is 11.4 Å². The molecule has 3 nitrogen and oxygen atoms in total. The molecule has 1 aliphatic rings. The summed E-state index contributed by atoms with van der Waals surface area (Å²) in [6.07, 6.45) is 1.03. The number of carbonyl (C=O) groups is 1. The summed E-state index contributed by atoms with van der Waals surface area (Å²) in [5.74, 6) is 0.253. The highest BCUT2D eigenvalue weighted by molar-refractivity contribution is 7.80. The van der Waals surface area contributed by atoms with Crippen LogP contribution in [0.2, 0.25) is 10.0 Å². The van der Waals surface area contributed by atoms with Gasteiger partial charge in [-0.25, -0.2) is 0 Å². The van der Waals surface area contributed by atoms with Crippen molar-refractivity contribution in [2.45, 2.75) is 12.8 Å². The van der Waals surface area contributed by atoms with E-state index in [1.807, 2.05) is 18.2 Å². The molecule has 0 saturated carbocycles. The molecule has 2 aromatic rings. The number of halogens is 2. The van der Waals surface area contributed by atoms with E-state index < -0.39 is 0 Å². The van der Waals surface area contributed by atoms with E-state index in [4.69, 9.17) is 35.4 Å². The average Bonchev–Trinajstić information content (AvgIpc) is 2.82. The fraction of sp³-hybridized carbons (Fsp3) is 0.125. The van der Waals surface area contributed by atoms with Gasteiger partial charge in [-0.15, -0.1) is 0 Å². The second-order valence-corrected chi connectivity index (χ2v) is 6.31. The number of rotatable bonds is 2. The summed E-state index contributed by atoms with van der Waals surface area (Å²) < 4.78 is 0. The first-order valence-electron chi connectivity index (χ1n) is 6.68. The van der Waals surface area contributed by atoms with Crippen LogP contribution in [0.3, 0.4) is 0 Å². The Kier molecular flexibility index (Phi) is 4.34. The third-order valence-electron chi connectivity index (χ3n) is 3.42. The zero-order valence-electron chi connectivity index (χ0n) is 11.5. The predicted octanol–water partition coefficient (Wildman–Crippen LogP) is 4.47. The number of nitrogens with one attached hydrogen (secondary N) is 2. The van der Waals surface area contributed by atoms with Gasteiger partial charge in [-0.05, 0) is 53.7 Å². The Bertz CT molecular complexity index is 777. The standard InChI is InChI=1S/C16H12Cl2N2OS/c17-14-4-3-12(8-15(14)18)20-16(22)19-11-2-1-9-6-13(21)7-10(9)5-11/h1-5,8H,6-7H2,(H2,19,20,22). The van der Waals surface area contributed by atoms with Gasteiger partial charge in [-0.3, -0.25) is 4.79 Å². The van der Waals surface area contributed by atoms with Crippen molar-refractivity contribution in [3.63, 3.8) is 0 Å². The summed E-state index contributed by atoms with van der Waals surface area (Å²) in [4.78, 5) is 11.5. The highest BCUT2D eigenvalue weighted by Crippen LogP contribution is 2.26. The SMILES string of the molecule is O=C1Cc2ccc(NC(=S)Nc3ccc(Cl)c(Cl)c3)cc2C1. The van der Waals surface area contributed by atoms with Crippen LogP contribution in [0, 0.1) is 0 Å². The van der Waals surface area contributed by atoms with Crippen molar-refractivity contribution in [3.8, 4) is 0 Å². The number of hydrogen-bond acceptors (Lipinski definition) is 2. The molecule has 0 aliphatic heterocycles. The lowest BCUT2D eigenvalue weighted by Gasteiger charge is -2.12. The lowest BCUT2D eigenvalue weighted by atomic mass is 10.1. The van der Waals surface area contributed by atoms with Crippen LogP contribution < -0.4 is 10.6 Å². The van der Waals surface area contributed by atoms with Crippen LogP contribution in [-0.4, -0.2) is 10.9 Å². The molecule has 3 rings (SSSR count). The molecule has 0 unspecified atom stereocenters. The molecule has 0 amide bonds. The van der Waals surface area contributed by atoms with E-state index in [1.165, 1.54) is 0 Å². The van der Waals surface area contributed by atoms with Crippen LogP contribution in [0.15, 0.2) is 36.4 Å². The summed E-state index contributed by atoms with van der Waals surface area (Å²) in [5.41, 5.74) is 3.76. The Morgan fingerprint density at radius 2 is 1.55 bits per heavy atom. The van der Waals surface area contributed by atoms with Crippen molar-refractivity contribution >= 4 is 57.7 Å². The first-order chi connectivity index (χ1) is 10.5. The number of hydrogen-bond donors (Lipinski definition) is 2. The Morgan fingerprint density at radius 1 is 0.909 bits per heavy atom. The van der Waals surface area contributed by atoms with Gasteiger partial charge in [0.15, 0.2) is 5.11 Å². The van der Waals surface area contributed by atoms with E-state index in [9.17, 15) is 4.79 Å². The topological polar surface area (TPSA) is 41.1 Å². The highest BCUT2D eigenvalue weighted by atomic mass is 35.5. The summed E-state index contributed by atoms with van der Waals surface area (Å²) >= 11 is 17.1. The summed E-state index contributed by atoms with van der Waals surface area (Å²) in [7, 11) is 0. The molecule has 0 heterocycles. The maximum atomic E-state index is 11.5. The highest BCUT2D eigenvalue weighted by Gasteiger charge is 2.18. The van der Waals surface area contributed by atoms with Gasteiger partial charge in [0, 0.05) is 24.2 Å². The number of thiocarbonyl (C=S) groups is 1. The number of anilines is 2. The van der Waals surface area contributed by atoms with Crippen molar-refractivity contribution in [1.82, 2.24) is 0 Å². The lowest BCUT2D eigenvalue weighted by molar-refractivity contribution is -0.117. The summed E-state index contributed by atoms with van der Waals surface area (Å²) in [5, 5.41) is 7.55. The predicted molar refractivity (Wildman–Crippen MR) is 95.2 cm³/mol. The van der Waals surface area contributed by atoms with Crippen molar-refractivity contribution in [2.24, 2.45) is 0 Å². The minimum absolute atomic E-state index is 0.253. The van der Waals surface area contributed by atoms with Crippen LogP contribution in [0.25, 0.3) is 0 Å². The fourth-order valence-corrected chi connectivity index (χ4v) is 2.93. The maximum Gasteiger partial charge on any atom is 0.175 e. The molecule has 0 radical (unpaired) electrons. The summed E-state index contributed by atoms with van der Waals surface area (Å²) in [6.45, 7) is 0. The number of ketones is 1. The molecule has 6 heteroatoms. The first kappa shape index (κ1) is 15.3. The van der Waals surface area contributed by atoms with Crippen LogP contribution in [0.1, 0.15) is 11.1 Å². The second-order valence-electron chi connectivity index (χ2n) is 5.08. The van der Waals surface area contributed by atoms with Crippen LogP contribution in [0.5, 0.6) is 0 Å². The van der Waals surface area contributed by atoms with Gasteiger partial charge in [0.25, 0.3) is 0 Å². The molecule has 1 aliphatic carbocycles. The Morgan fingerprint density at radius 3 is 2.27 bits per heavy atom. The van der Waals surface area contributed by atoms with E-state index in [-0.39, 0.29) is 5.78 Å². The third-order valence-corrected chi connectivity index (χ3v) is 4.36. The van der Waals surface area contributed by atoms with Crippen molar-refractivity contribution in [2.75, 3.05) is 10.6 Å². The quantitative estimate of drug-likeness (QED) is 0.784. The first-order valence-corrected chi connectivity index (χ1v) is 7.84. The Hall–Kier alpha value is -1.62. The molecule has 22 heavy (non-hydrogen) atoms. The van der Waals surface area contributed by atoms with E-state index >= 15 is 0 Å². The molecule has 0 aromatic heterocycles. The molecule has 0 atom stereocenters. The molecule has 0 bridgehead atoms. The average molecular weight is 351 g/mol. The molecule has 2 N–H and O–H groups in total. The van der Waals surface area contributed by atoms with Crippen LogP contribution in [-0.2, 0) is 17.6 Å². The largest absolute Gasteiger partial charge is 0.332 e. The van der Waals surface area contributed by atoms with Gasteiger partial charge in [-0.2, -0.15) is 0 Å². The smallest absolute Gasteiger partial charge is 0.175 e. The molecule has 0 fully saturated rings. The molecular formula is C16H12Cl2N2OS. The monoisotopic (exact) mass is 350 g/mol. The number of benzene rings is 2. The molecule has 2 aromatic carbocycles. The van der Waals surface area contributed by atoms with Gasteiger partial charge >= 0.3 is 0 Å². The number of Topliss-reactive ketones (excluding diaryl/α,β-unsaturated/α-hetero) is 1. The fourth-order valence-electron chi connectivity index (χ4n) is 2.40.